The summed E-state index contributed by atoms with van der Waals surface area (Å²) >= 11 is 0. The second-order valence-electron chi connectivity index (χ2n) is 6.82. The highest BCUT2D eigenvalue weighted by molar-refractivity contribution is 5.94. The van der Waals surface area contributed by atoms with Gasteiger partial charge < -0.3 is 4.74 Å². The van der Waals surface area contributed by atoms with Crippen LogP contribution in [0.2, 0.25) is 0 Å². The first-order valence-electron chi connectivity index (χ1n) is 8.95. The van der Waals surface area contributed by atoms with E-state index >= 15 is 0 Å². The lowest BCUT2D eigenvalue weighted by atomic mass is 9.98. The number of dihydropyridines is 1. The first kappa shape index (κ1) is 15.3. The molecule has 3 aliphatic heterocycles. The first-order valence-corrected chi connectivity index (χ1v) is 8.95. The minimum atomic E-state index is -0.215. The number of carbonyl (C=O) groups is 1. The van der Waals surface area contributed by atoms with E-state index in [1.54, 1.807) is 11.0 Å². The maximum absolute atomic E-state index is 12.2. The number of anilines is 1. The zero-order chi connectivity index (χ0) is 17.7. The van der Waals surface area contributed by atoms with Crippen molar-refractivity contribution in [1.82, 2.24) is 14.8 Å². The maximum Gasteiger partial charge on any atom is 0.415 e. The maximum atomic E-state index is 12.2. The summed E-state index contributed by atoms with van der Waals surface area (Å²) in [6, 6.07) is 6.46. The lowest BCUT2D eigenvalue weighted by molar-refractivity contribution is 0.129. The van der Waals surface area contributed by atoms with Crippen molar-refractivity contribution < 1.29 is 9.53 Å². The summed E-state index contributed by atoms with van der Waals surface area (Å²) in [6.07, 6.45) is 7.59. The SMILES string of the molecule is CCC1OC(=O)N2c3ccc(C4=CCC(n5cncn5)=NC4)cc3CC12. The average molecular weight is 349 g/mol. The van der Waals surface area contributed by atoms with Crippen molar-refractivity contribution in [3.63, 3.8) is 0 Å². The number of hydrogen-bond donors (Lipinski definition) is 0. The van der Waals surface area contributed by atoms with Gasteiger partial charge in [-0.15, -0.1) is 0 Å². The average Bonchev–Trinajstić information content (AvgIpc) is 3.38. The Bertz CT molecular complexity index is 931. The summed E-state index contributed by atoms with van der Waals surface area (Å²) in [5.41, 5.74) is 4.59. The van der Waals surface area contributed by atoms with Crippen molar-refractivity contribution in [3.05, 3.63) is 48.1 Å². The Morgan fingerprint density at radius 2 is 2.27 bits per heavy atom. The van der Waals surface area contributed by atoms with E-state index in [1.165, 1.54) is 23.0 Å². The molecule has 132 valence electrons. The molecule has 3 aliphatic rings. The molecule has 1 fully saturated rings. The normalized spacial score (nSPS) is 24.0. The third-order valence-corrected chi connectivity index (χ3v) is 5.40. The molecular weight excluding hydrogens is 330 g/mol. The Balaban J connectivity index is 1.39. The van der Waals surface area contributed by atoms with E-state index in [0.29, 0.717) is 6.54 Å². The van der Waals surface area contributed by atoms with Crippen LogP contribution in [0.15, 0.2) is 41.9 Å². The minimum Gasteiger partial charge on any atom is -0.444 e. The van der Waals surface area contributed by atoms with E-state index in [2.05, 4.69) is 40.2 Å². The van der Waals surface area contributed by atoms with Gasteiger partial charge in [-0.1, -0.05) is 19.1 Å². The van der Waals surface area contributed by atoms with Crippen LogP contribution < -0.4 is 4.90 Å². The molecule has 7 nitrogen and oxygen atoms in total. The molecule has 1 aromatic carbocycles. The number of rotatable bonds is 2. The van der Waals surface area contributed by atoms with Crippen LogP contribution in [0.1, 0.15) is 30.9 Å². The van der Waals surface area contributed by atoms with Crippen LogP contribution in [-0.4, -0.2) is 45.4 Å². The van der Waals surface area contributed by atoms with Gasteiger partial charge >= 0.3 is 6.09 Å². The van der Waals surface area contributed by atoms with Crippen LogP contribution in [0.3, 0.4) is 0 Å². The van der Waals surface area contributed by atoms with Crippen molar-refractivity contribution in [2.75, 3.05) is 11.4 Å². The number of allylic oxidation sites excluding steroid dienone is 1. The summed E-state index contributed by atoms with van der Waals surface area (Å²) in [4.78, 5) is 22.6. The molecule has 1 aromatic heterocycles. The zero-order valence-electron chi connectivity index (χ0n) is 14.5. The number of amides is 1. The van der Waals surface area contributed by atoms with Gasteiger partial charge in [-0.2, -0.15) is 5.10 Å². The Morgan fingerprint density at radius 3 is 3.00 bits per heavy atom. The largest absolute Gasteiger partial charge is 0.444 e. The van der Waals surface area contributed by atoms with Gasteiger partial charge in [0.25, 0.3) is 0 Å². The van der Waals surface area contributed by atoms with Gasteiger partial charge in [-0.05, 0) is 41.7 Å². The lowest BCUT2D eigenvalue weighted by Gasteiger charge is -2.16. The van der Waals surface area contributed by atoms with E-state index in [4.69, 9.17) is 4.74 Å². The summed E-state index contributed by atoms with van der Waals surface area (Å²) < 4.78 is 7.18. The summed E-state index contributed by atoms with van der Waals surface area (Å²) in [7, 11) is 0. The van der Waals surface area contributed by atoms with Crippen LogP contribution >= 0.6 is 0 Å². The molecule has 26 heavy (non-hydrogen) atoms. The fourth-order valence-electron chi connectivity index (χ4n) is 4.07. The molecule has 0 aliphatic carbocycles. The van der Waals surface area contributed by atoms with Crippen LogP contribution in [-0.2, 0) is 11.2 Å². The van der Waals surface area contributed by atoms with Crippen LogP contribution in [0, 0.1) is 0 Å². The van der Waals surface area contributed by atoms with Crippen LogP contribution in [0.25, 0.3) is 5.57 Å². The lowest BCUT2D eigenvalue weighted by Crippen LogP contribution is -2.32. The van der Waals surface area contributed by atoms with Crippen LogP contribution in [0.5, 0.6) is 0 Å². The first-order chi connectivity index (χ1) is 12.7. The van der Waals surface area contributed by atoms with Crippen molar-refractivity contribution in [2.24, 2.45) is 4.99 Å². The third kappa shape index (κ3) is 2.27. The monoisotopic (exact) mass is 349 g/mol. The smallest absolute Gasteiger partial charge is 0.415 e. The van der Waals surface area contributed by atoms with Crippen molar-refractivity contribution >= 4 is 23.2 Å². The molecule has 7 heteroatoms. The van der Waals surface area contributed by atoms with E-state index in [9.17, 15) is 4.79 Å². The van der Waals surface area contributed by atoms with Crippen molar-refractivity contribution in [3.8, 4) is 0 Å². The highest BCUT2D eigenvalue weighted by atomic mass is 16.6. The Morgan fingerprint density at radius 1 is 1.35 bits per heavy atom. The highest BCUT2D eigenvalue weighted by Gasteiger charge is 2.46. The van der Waals surface area contributed by atoms with Gasteiger partial charge in [0, 0.05) is 6.42 Å². The molecule has 0 N–H and O–H groups in total. The molecule has 1 amide bonds. The topological polar surface area (TPSA) is 72.6 Å². The van der Waals surface area contributed by atoms with E-state index in [0.717, 1.165) is 30.8 Å². The van der Waals surface area contributed by atoms with E-state index in [1.807, 2.05) is 11.0 Å². The molecule has 0 saturated carbocycles. The molecule has 2 unspecified atom stereocenters. The van der Waals surface area contributed by atoms with Gasteiger partial charge in [0.1, 0.15) is 24.6 Å². The molecule has 2 atom stereocenters. The quantitative estimate of drug-likeness (QED) is 0.836. The van der Waals surface area contributed by atoms with E-state index < -0.39 is 0 Å². The minimum absolute atomic E-state index is 0.0120. The molecule has 5 rings (SSSR count). The molecular formula is C19H19N5O2. The molecule has 0 bridgehead atoms. The fraction of sp³-hybridized carbons (Fsp3) is 0.368. The number of nitrogens with zero attached hydrogens (tertiary/aromatic N) is 5. The number of benzene rings is 1. The summed E-state index contributed by atoms with van der Waals surface area (Å²) in [5, 5.41) is 4.14. The summed E-state index contributed by atoms with van der Waals surface area (Å²) in [5.74, 6) is 0.904. The molecule has 0 spiro atoms. The predicted molar refractivity (Wildman–Crippen MR) is 97.3 cm³/mol. The van der Waals surface area contributed by atoms with Gasteiger partial charge in [-0.3, -0.25) is 9.89 Å². The number of carbonyl (C=O) groups excluding carboxylic acids is 1. The Labute approximate surface area is 151 Å². The fourth-order valence-corrected chi connectivity index (χ4v) is 4.07. The van der Waals surface area contributed by atoms with Gasteiger partial charge in [0.05, 0.1) is 18.3 Å². The number of ether oxygens (including phenoxy) is 1. The second-order valence-corrected chi connectivity index (χ2v) is 6.82. The molecule has 0 radical (unpaired) electrons. The number of hydrogen-bond acceptors (Lipinski definition) is 5. The van der Waals surface area contributed by atoms with Gasteiger partial charge in [0.15, 0.2) is 0 Å². The highest BCUT2D eigenvalue weighted by Crippen LogP contribution is 2.40. The standard InChI is InChI=1S/C19H19N5O2/c1-2-17-16-8-14-7-12(3-5-15(14)24(16)19(25)26-17)13-4-6-18(21-9-13)23-11-20-10-22-23/h3-5,7,10-11,16-17H,2,6,8-9H2,1H3. The van der Waals surface area contributed by atoms with Crippen molar-refractivity contribution in [2.45, 2.75) is 38.3 Å². The number of cyclic esters (lactones) is 1. The number of aliphatic imine (C=N–C) groups is 1. The third-order valence-electron chi connectivity index (χ3n) is 5.40. The molecule has 2 aromatic rings. The van der Waals surface area contributed by atoms with E-state index in [-0.39, 0.29) is 18.2 Å². The van der Waals surface area contributed by atoms with Gasteiger partial charge in [-0.25, -0.2) is 14.5 Å². The van der Waals surface area contributed by atoms with Crippen molar-refractivity contribution in [1.29, 1.82) is 0 Å². The Hall–Kier alpha value is -2.96. The predicted octanol–water partition coefficient (Wildman–Crippen LogP) is 2.67. The Kier molecular flexibility index (Phi) is 3.41. The zero-order valence-corrected chi connectivity index (χ0v) is 14.5. The van der Waals surface area contributed by atoms with Gasteiger partial charge in [0.2, 0.25) is 0 Å². The summed E-state index contributed by atoms with van der Waals surface area (Å²) in [6.45, 7) is 2.69. The van der Waals surface area contributed by atoms with Crippen LogP contribution in [0.4, 0.5) is 10.5 Å². The number of fused-ring (bicyclic) bond motifs is 3. The second kappa shape index (κ2) is 5.79. The number of aromatic nitrogens is 3. The molecule has 4 heterocycles. The molecule has 1 saturated heterocycles.